The molecule has 0 heterocycles. The van der Waals surface area contributed by atoms with Crippen molar-refractivity contribution < 1.29 is 14.7 Å². The molecule has 1 atom stereocenters. The first-order chi connectivity index (χ1) is 3.66. The van der Waals surface area contributed by atoms with E-state index in [4.69, 9.17) is 5.11 Å². The van der Waals surface area contributed by atoms with Gasteiger partial charge >= 0.3 is 5.97 Å². The van der Waals surface area contributed by atoms with Crippen molar-refractivity contribution in [3.05, 3.63) is 0 Å². The van der Waals surface area contributed by atoms with Gasteiger partial charge in [0.25, 0.3) is 0 Å². The second-order valence-electron chi connectivity index (χ2n) is 1.54. The van der Waals surface area contributed by atoms with Crippen LogP contribution in [0.15, 0.2) is 0 Å². The third-order valence-corrected chi connectivity index (χ3v) is 0.594. The average Bonchev–Trinajstić information content (AvgIpc) is 1.65. The van der Waals surface area contributed by atoms with E-state index in [-0.39, 0.29) is 6.42 Å². The zero-order chi connectivity index (χ0) is 6.57. The van der Waals surface area contributed by atoms with E-state index in [0.717, 1.165) is 0 Å². The molecule has 0 saturated heterocycles. The zero-order valence-corrected chi connectivity index (χ0v) is 4.63. The van der Waals surface area contributed by atoms with E-state index in [1.165, 1.54) is 6.92 Å². The molecule has 0 aromatic rings. The summed E-state index contributed by atoms with van der Waals surface area (Å²) < 4.78 is 0. The first-order valence-corrected chi connectivity index (χ1v) is 2.24. The topological polar surface area (TPSA) is 72.5 Å². The summed E-state index contributed by atoms with van der Waals surface area (Å²) in [4.78, 5) is 13.9. The van der Waals surface area contributed by atoms with Crippen LogP contribution in [0.2, 0.25) is 0 Å². The minimum Gasteiger partial charge on any atom is -0.393 e. The summed E-state index contributed by atoms with van der Waals surface area (Å²) in [6, 6.07) is 0. The minimum atomic E-state index is -0.675. The molecular formula is C4H9NO3. The summed E-state index contributed by atoms with van der Waals surface area (Å²) in [6.45, 7) is 1.48. The lowest BCUT2D eigenvalue weighted by atomic mass is 10.3. The van der Waals surface area contributed by atoms with Gasteiger partial charge in [-0.3, -0.25) is 4.79 Å². The summed E-state index contributed by atoms with van der Waals surface area (Å²) >= 11 is 0. The van der Waals surface area contributed by atoms with Gasteiger partial charge < -0.3 is 9.94 Å². The Balaban J connectivity index is 3.25. The van der Waals surface area contributed by atoms with Crippen molar-refractivity contribution in [2.75, 3.05) is 0 Å². The Labute approximate surface area is 47.2 Å². The Morgan fingerprint density at radius 1 is 2.00 bits per heavy atom. The predicted molar refractivity (Wildman–Crippen MR) is 26.6 cm³/mol. The zero-order valence-electron chi connectivity index (χ0n) is 4.63. The summed E-state index contributed by atoms with van der Waals surface area (Å²) in [5.41, 5.74) is 0. The van der Waals surface area contributed by atoms with Crippen LogP contribution in [-0.4, -0.2) is 17.2 Å². The maximum atomic E-state index is 10.1. The Hall–Kier alpha value is -0.610. The van der Waals surface area contributed by atoms with Gasteiger partial charge in [0, 0.05) is 0 Å². The van der Waals surface area contributed by atoms with Crippen LogP contribution in [0.3, 0.4) is 0 Å². The molecular weight excluding hydrogens is 110 g/mol. The van der Waals surface area contributed by atoms with Gasteiger partial charge in [-0.05, 0) is 6.92 Å². The van der Waals surface area contributed by atoms with Crippen LogP contribution in [0.25, 0.3) is 0 Å². The number of carbonyl (C=O) groups excluding carboxylic acids is 1. The summed E-state index contributed by atoms with van der Waals surface area (Å²) in [5, 5.41) is 8.50. The molecule has 0 fully saturated rings. The fourth-order valence-electron chi connectivity index (χ4n) is 0.289. The molecule has 0 bridgehead atoms. The lowest BCUT2D eigenvalue weighted by Crippen LogP contribution is -2.15. The molecule has 0 rings (SSSR count). The summed E-state index contributed by atoms with van der Waals surface area (Å²) in [7, 11) is 0. The highest BCUT2D eigenvalue weighted by Crippen LogP contribution is 1.88. The molecule has 0 spiro atoms. The first-order valence-electron chi connectivity index (χ1n) is 2.24. The highest BCUT2D eigenvalue weighted by atomic mass is 16.7. The van der Waals surface area contributed by atoms with Crippen LogP contribution < -0.4 is 5.90 Å². The van der Waals surface area contributed by atoms with Gasteiger partial charge in [-0.25, -0.2) is 0 Å². The van der Waals surface area contributed by atoms with Gasteiger partial charge in [-0.2, -0.15) is 5.90 Å². The van der Waals surface area contributed by atoms with Gasteiger partial charge in [-0.1, -0.05) is 0 Å². The molecule has 0 aromatic carbocycles. The number of carbonyl (C=O) groups is 1. The van der Waals surface area contributed by atoms with Crippen molar-refractivity contribution in [1.82, 2.24) is 0 Å². The van der Waals surface area contributed by atoms with Crippen LogP contribution in [0.5, 0.6) is 0 Å². The standard InChI is InChI=1S/C4H9NO3/c1-3(6)2-4(7)8-5/h3,6H,2,5H2,1H3. The van der Waals surface area contributed by atoms with Gasteiger partial charge in [0.2, 0.25) is 0 Å². The molecule has 0 aliphatic carbocycles. The van der Waals surface area contributed by atoms with Crippen molar-refractivity contribution in [2.45, 2.75) is 19.4 Å². The van der Waals surface area contributed by atoms with Crippen LogP contribution in [0.4, 0.5) is 0 Å². The Bertz CT molecular complexity index is 81.4. The monoisotopic (exact) mass is 119 g/mol. The normalized spacial score (nSPS) is 12.9. The second-order valence-corrected chi connectivity index (χ2v) is 1.54. The Kier molecular flexibility index (Phi) is 3.14. The minimum absolute atomic E-state index is 0.0451. The Morgan fingerprint density at radius 3 is 2.62 bits per heavy atom. The van der Waals surface area contributed by atoms with Crippen molar-refractivity contribution in [2.24, 2.45) is 5.90 Å². The third kappa shape index (κ3) is 3.58. The van der Waals surface area contributed by atoms with E-state index >= 15 is 0 Å². The van der Waals surface area contributed by atoms with E-state index in [1.54, 1.807) is 0 Å². The number of aliphatic hydroxyl groups excluding tert-OH is 1. The van der Waals surface area contributed by atoms with Gasteiger partial charge in [0.05, 0.1) is 12.5 Å². The second kappa shape index (κ2) is 3.40. The van der Waals surface area contributed by atoms with E-state index in [9.17, 15) is 4.79 Å². The number of hydrogen-bond donors (Lipinski definition) is 2. The quantitative estimate of drug-likeness (QED) is 0.465. The van der Waals surface area contributed by atoms with E-state index < -0.39 is 12.1 Å². The maximum absolute atomic E-state index is 10.1. The molecule has 0 aliphatic heterocycles. The van der Waals surface area contributed by atoms with Crippen LogP contribution >= 0.6 is 0 Å². The number of hydrogen-bond acceptors (Lipinski definition) is 4. The predicted octanol–water partition coefficient (Wildman–Crippen LogP) is -0.826. The number of aliphatic hydroxyl groups is 1. The lowest BCUT2D eigenvalue weighted by molar-refractivity contribution is -0.146. The Morgan fingerprint density at radius 2 is 2.50 bits per heavy atom. The fraction of sp³-hybridized carbons (Fsp3) is 0.750. The van der Waals surface area contributed by atoms with Gasteiger partial charge in [0.15, 0.2) is 0 Å². The van der Waals surface area contributed by atoms with E-state index in [2.05, 4.69) is 10.7 Å². The highest BCUT2D eigenvalue weighted by molar-refractivity contribution is 5.69. The number of nitrogens with two attached hydrogens (primary N) is 1. The molecule has 0 saturated carbocycles. The van der Waals surface area contributed by atoms with Crippen molar-refractivity contribution in [1.29, 1.82) is 0 Å². The first kappa shape index (κ1) is 7.39. The molecule has 0 amide bonds. The maximum Gasteiger partial charge on any atom is 0.326 e. The molecule has 4 nitrogen and oxygen atoms in total. The van der Waals surface area contributed by atoms with Crippen LogP contribution in [-0.2, 0) is 9.63 Å². The molecule has 3 N–H and O–H groups in total. The van der Waals surface area contributed by atoms with Crippen LogP contribution in [0, 0.1) is 0 Å². The van der Waals surface area contributed by atoms with Crippen molar-refractivity contribution in [3.63, 3.8) is 0 Å². The van der Waals surface area contributed by atoms with Crippen LogP contribution in [0.1, 0.15) is 13.3 Å². The van der Waals surface area contributed by atoms with Crippen molar-refractivity contribution >= 4 is 5.97 Å². The fourth-order valence-corrected chi connectivity index (χ4v) is 0.289. The largest absolute Gasteiger partial charge is 0.393 e. The molecule has 48 valence electrons. The summed E-state index contributed by atoms with van der Waals surface area (Å²) in [6.07, 6.45) is -0.720. The van der Waals surface area contributed by atoms with E-state index in [1.807, 2.05) is 0 Å². The molecule has 0 aromatic heterocycles. The molecule has 0 aliphatic rings. The average molecular weight is 119 g/mol. The number of rotatable bonds is 2. The third-order valence-electron chi connectivity index (χ3n) is 0.594. The van der Waals surface area contributed by atoms with Gasteiger partial charge in [0.1, 0.15) is 0 Å². The van der Waals surface area contributed by atoms with E-state index in [0.29, 0.717) is 0 Å². The molecule has 8 heavy (non-hydrogen) atoms. The highest BCUT2D eigenvalue weighted by Gasteiger charge is 2.03. The SMILES string of the molecule is CC(O)CC(=O)ON. The van der Waals surface area contributed by atoms with Gasteiger partial charge in [-0.15, -0.1) is 0 Å². The smallest absolute Gasteiger partial charge is 0.326 e. The lowest BCUT2D eigenvalue weighted by Gasteiger charge is -1.98. The molecule has 4 heteroatoms. The molecule has 1 unspecified atom stereocenters. The van der Waals surface area contributed by atoms with Crippen molar-refractivity contribution in [3.8, 4) is 0 Å². The molecule has 0 radical (unpaired) electrons. The summed E-state index contributed by atoms with van der Waals surface area (Å²) in [5.74, 6) is 3.86.